The highest BCUT2D eigenvalue weighted by atomic mass is 16.2. The molecule has 0 bridgehead atoms. The third-order valence-electron chi connectivity index (χ3n) is 5.11. The van der Waals surface area contributed by atoms with Crippen LogP contribution in [-0.4, -0.2) is 27.8 Å². The zero-order valence-electron chi connectivity index (χ0n) is 16.8. The fourth-order valence-corrected chi connectivity index (χ4v) is 3.72. The van der Waals surface area contributed by atoms with Crippen LogP contribution in [0.5, 0.6) is 0 Å². The van der Waals surface area contributed by atoms with Crippen molar-refractivity contribution >= 4 is 16.8 Å². The SMILES string of the molecule is Cc1ccc2nc(C)cc(C(=O)N(C)C(c3ccccc3)c3ccccn3)c2c1. The quantitative estimate of drug-likeness (QED) is 0.494. The summed E-state index contributed by atoms with van der Waals surface area (Å²) in [6.07, 6.45) is 1.76. The van der Waals surface area contributed by atoms with Crippen molar-refractivity contribution in [3.8, 4) is 0 Å². The van der Waals surface area contributed by atoms with Gasteiger partial charge in [-0.05, 0) is 49.7 Å². The smallest absolute Gasteiger partial charge is 0.255 e. The van der Waals surface area contributed by atoms with E-state index < -0.39 is 0 Å². The van der Waals surface area contributed by atoms with Gasteiger partial charge in [-0.1, -0.05) is 48.0 Å². The summed E-state index contributed by atoms with van der Waals surface area (Å²) >= 11 is 0. The molecule has 144 valence electrons. The fourth-order valence-electron chi connectivity index (χ4n) is 3.72. The van der Waals surface area contributed by atoms with Crippen LogP contribution in [0.2, 0.25) is 0 Å². The molecule has 0 saturated heterocycles. The van der Waals surface area contributed by atoms with Crippen LogP contribution in [0.3, 0.4) is 0 Å². The Bertz CT molecular complexity index is 1120. The first kappa shape index (κ1) is 18.8. The molecule has 2 aromatic carbocycles. The van der Waals surface area contributed by atoms with Gasteiger partial charge in [-0.25, -0.2) is 0 Å². The van der Waals surface area contributed by atoms with Crippen molar-refractivity contribution in [1.29, 1.82) is 0 Å². The van der Waals surface area contributed by atoms with Crippen molar-refractivity contribution in [2.24, 2.45) is 0 Å². The summed E-state index contributed by atoms with van der Waals surface area (Å²) in [4.78, 5) is 24.6. The normalized spacial score (nSPS) is 12.0. The van der Waals surface area contributed by atoms with Gasteiger partial charge in [0.05, 0.1) is 22.8 Å². The van der Waals surface area contributed by atoms with Crippen LogP contribution in [0, 0.1) is 13.8 Å². The molecule has 0 aliphatic heterocycles. The van der Waals surface area contributed by atoms with E-state index in [0.717, 1.165) is 33.4 Å². The van der Waals surface area contributed by atoms with Crippen molar-refractivity contribution in [2.45, 2.75) is 19.9 Å². The van der Waals surface area contributed by atoms with E-state index >= 15 is 0 Å². The highest BCUT2D eigenvalue weighted by Gasteiger charge is 2.26. The Morgan fingerprint density at radius 2 is 1.69 bits per heavy atom. The van der Waals surface area contributed by atoms with Crippen LogP contribution in [0.4, 0.5) is 0 Å². The molecule has 0 aliphatic rings. The molecule has 0 aliphatic carbocycles. The minimum Gasteiger partial charge on any atom is -0.329 e. The Hall–Kier alpha value is -3.53. The fraction of sp³-hybridized carbons (Fsp3) is 0.160. The average Bonchev–Trinajstić information content (AvgIpc) is 2.74. The average molecular weight is 381 g/mol. The van der Waals surface area contributed by atoms with Gasteiger partial charge in [-0.15, -0.1) is 0 Å². The second-order valence-corrected chi connectivity index (χ2v) is 7.32. The molecular weight excluding hydrogens is 358 g/mol. The molecule has 29 heavy (non-hydrogen) atoms. The standard InChI is InChI=1S/C25H23N3O/c1-17-12-13-22-20(15-17)21(16-18(2)27-22)25(29)28(3)24(19-9-5-4-6-10-19)23-11-7-8-14-26-23/h4-16,24H,1-3H3. The first-order valence-electron chi connectivity index (χ1n) is 9.65. The molecular formula is C25H23N3O. The number of carbonyl (C=O) groups excluding carboxylic acids is 1. The monoisotopic (exact) mass is 381 g/mol. The number of carbonyl (C=O) groups is 1. The Kier molecular flexibility index (Phi) is 5.09. The summed E-state index contributed by atoms with van der Waals surface area (Å²) in [7, 11) is 1.84. The highest BCUT2D eigenvalue weighted by Crippen LogP contribution is 2.29. The van der Waals surface area contributed by atoms with E-state index in [0.29, 0.717) is 5.56 Å². The minimum absolute atomic E-state index is 0.0504. The molecule has 4 heteroatoms. The van der Waals surface area contributed by atoms with E-state index in [2.05, 4.69) is 9.97 Å². The van der Waals surface area contributed by atoms with Gasteiger partial charge in [0.15, 0.2) is 0 Å². The van der Waals surface area contributed by atoms with Gasteiger partial charge in [0.25, 0.3) is 5.91 Å². The predicted molar refractivity (Wildman–Crippen MR) is 116 cm³/mol. The number of fused-ring (bicyclic) bond motifs is 1. The molecule has 1 unspecified atom stereocenters. The second-order valence-electron chi connectivity index (χ2n) is 7.32. The third-order valence-corrected chi connectivity index (χ3v) is 5.11. The summed E-state index contributed by atoms with van der Waals surface area (Å²) < 4.78 is 0. The van der Waals surface area contributed by atoms with E-state index in [1.807, 2.05) is 93.7 Å². The van der Waals surface area contributed by atoms with E-state index in [4.69, 9.17) is 0 Å². The maximum Gasteiger partial charge on any atom is 0.255 e. The van der Waals surface area contributed by atoms with Gasteiger partial charge < -0.3 is 4.90 Å². The third kappa shape index (κ3) is 3.74. The van der Waals surface area contributed by atoms with Gasteiger partial charge in [-0.2, -0.15) is 0 Å². The molecule has 1 atom stereocenters. The number of pyridine rings is 2. The topological polar surface area (TPSA) is 46.1 Å². The summed E-state index contributed by atoms with van der Waals surface area (Å²) in [6.45, 7) is 3.95. The number of nitrogens with zero attached hydrogens (tertiary/aromatic N) is 3. The van der Waals surface area contributed by atoms with Gasteiger partial charge >= 0.3 is 0 Å². The first-order chi connectivity index (χ1) is 14.0. The Morgan fingerprint density at radius 1 is 0.931 bits per heavy atom. The van der Waals surface area contributed by atoms with Crippen molar-refractivity contribution in [1.82, 2.24) is 14.9 Å². The van der Waals surface area contributed by atoms with Crippen molar-refractivity contribution in [3.63, 3.8) is 0 Å². The Labute approximate surface area is 170 Å². The number of benzene rings is 2. The number of hydrogen-bond donors (Lipinski definition) is 0. The van der Waals surface area contributed by atoms with Crippen LogP contribution in [0.1, 0.15) is 38.9 Å². The molecule has 4 rings (SSSR count). The molecule has 0 spiro atoms. The number of amides is 1. The van der Waals surface area contributed by atoms with Crippen LogP contribution in [0.25, 0.3) is 10.9 Å². The van der Waals surface area contributed by atoms with Crippen LogP contribution >= 0.6 is 0 Å². The molecule has 2 aromatic heterocycles. The zero-order chi connectivity index (χ0) is 20.4. The van der Waals surface area contributed by atoms with Gasteiger partial charge in [0.2, 0.25) is 0 Å². The largest absolute Gasteiger partial charge is 0.329 e. The molecule has 0 saturated carbocycles. The second kappa shape index (κ2) is 7.84. The lowest BCUT2D eigenvalue weighted by Crippen LogP contribution is -2.32. The molecule has 0 radical (unpaired) electrons. The maximum atomic E-state index is 13.7. The van der Waals surface area contributed by atoms with E-state index in [-0.39, 0.29) is 11.9 Å². The van der Waals surface area contributed by atoms with Crippen LogP contribution < -0.4 is 0 Å². The Balaban J connectivity index is 1.83. The lowest BCUT2D eigenvalue weighted by molar-refractivity contribution is 0.0754. The van der Waals surface area contributed by atoms with Crippen molar-refractivity contribution in [3.05, 3.63) is 107 Å². The number of hydrogen-bond acceptors (Lipinski definition) is 3. The first-order valence-corrected chi connectivity index (χ1v) is 9.65. The van der Waals surface area contributed by atoms with Crippen molar-refractivity contribution < 1.29 is 4.79 Å². The molecule has 4 aromatic rings. The predicted octanol–water partition coefficient (Wildman–Crippen LogP) is 5.11. The lowest BCUT2D eigenvalue weighted by Gasteiger charge is -2.29. The summed E-state index contributed by atoms with van der Waals surface area (Å²) in [5.74, 6) is -0.0504. The van der Waals surface area contributed by atoms with E-state index in [1.54, 1.807) is 11.1 Å². The Morgan fingerprint density at radius 3 is 2.41 bits per heavy atom. The number of rotatable bonds is 4. The zero-order valence-corrected chi connectivity index (χ0v) is 16.8. The van der Waals surface area contributed by atoms with Crippen molar-refractivity contribution in [2.75, 3.05) is 7.05 Å². The lowest BCUT2D eigenvalue weighted by atomic mass is 9.99. The summed E-state index contributed by atoms with van der Waals surface area (Å²) in [5, 5.41) is 0.875. The van der Waals surface area contributed by atoms with Gasteiger partial charge in [0.1, 0.15) is 0 Å². The molecule has 0 N–H and O–H groups in total. The van der Waals surface area contributed by atoms with Gasteiger partial charge in [-0.3, -0.25) is 14.8 Å². The molecule has 4 nitrogen and oxygen atoms in total. The van der Waals surface area contributed by atoms with Crippen LogP contribution in [-0.2, 0) is 0 Å². The number of aromatic nitrogens is 2. The van der Waals surface area contributed by atoms with E-state index in [1.165, 1.54) is 0 Å². The molecule has 1 amide bonds. The van der Waals surface area contributed by atoms with Gasteiger partial charge in [0, 0.05) is 24.3 Å². The maximum absolute atomic E-state index is 13.7. The van der Waals surface area contributed by atoms with Crippen LogP contribution in [0.15, 0.2) is 79.0 Å². The minimum atomic E-state index is -0.279. The number of aryl methyl sites for hydroxylation is 2. The molecule has 0 fully saturated rings. The summed E-state index contributed by atoms with van der Waals surface area (Å²) in [5.41, 5.74) is 5.28. The summed E-state index contributed by atoms with van der Waals surface area (Å²) in [6, 6.07) is 23.4. The highest BCUT2D eigenvalue weighted by molar-refractivity contribution is 6.06. The molecule has 2 heterocycles. The van der Waals surface area contributed by atoms with E-state index in [9.17, 15) is 4.79 Å².